The highest BCUT2D eigenvalue weighted by atomic mass is 16.3. The van der Waals surface area contributed by atoms with E-state index < -0.39 is 17.7 Å². The molecule has 35 heavy (non-hydrogen) atoms. The Morgan fingerprint density at radius 2 is 1.20 bits per heavy atom. The van der Waals surface area contributed by atoms with Crippen LogP contribution in [0.3, 0.4) is 0 Å². The lowest BCUT2D eigenvalue weighted by atomic mass is 9.77. The molecule has 6 heteroatoms. The van der Waals surface area contributed by atoms with E-state index in [4.69, 9.17) is 5.10 Å². The third-order valence-corrected chi connectivity index (χ3v) is 6.23. The molecule has 2 atom stereocenters. The lowest BCUT2D eigenvalue weighted by Gasteiger charge is -2.34. The van der Waals surface area contributed by atoms with Crippen LogP contribution < -0.4 is 0 Å². The summed E-state index contributed by atoms with van der Waals surface area (Å²) in [6.45, 7) is 1.56. The van der Waals surface area contributed by atoms with Crippen molar-refractivity contribution < 1.29 is 10.2 Å². The van der Waals surface area contributed by atoms with Crippen LogP contribution in [0.4, 0.5) is 0 Å². The smallest absolute Gasteiger partial charge is 0.204 e. The van der Waals surface area contributed by atoms with Crippen LogP contribution in [0.5, 0.6) is 0 Å². The maximum absolute atomic E-state index is 10.3. The predicted octanol–water partition coefficient (Wildman–Crippen LogP) is 4.59. The molecule has 0 aliphatic heterocycles. The molecule has 0 fully saturated rings. The van der Waals surface area contributed by atoms with E-state index in [1.807, 2.05) is 66.7 Å². The molecule has 0 spiro atoms. The number of rotatable bonds is 7. The second-order valence-corrected chi connectivity index (χ2v) is 8.52. The molecule has 5 rings (SSSR count). The second kappa shape index (κ2) is 9.62. The van der Waals surface area contributed by atoms with Crippen LogP contribution in [0.15, 0.2) is 115 Å². The molecule has 5 aromatic rings. The van der Waals surface area contributed by atoms with Crippen LogP contribution in [0.1, 0.15) is 35.3 Å². The second-order valence-electron chi connectivity index (χ2n) is 8.52. The van der Waals surface area contributed by atoms with E-state index >= 15 is 0 Å². The summed E-state index contributed by atoms with van der Waals surface area (Å²) in [5.41, 5.74) is 3.44. The molecule has 0 saturated carbocycles. The zero-order valence-corrected chi connectivity index (χ0v) is 19.3. The molecule has 0 unspecified atom stereocenters. The Morgan fingerprint density at radius 1 is 0.686 bits per heavy atom. The Morgan fingerprint density at radius 3 is 1.69 bits per heavy atom. The molecule has 1 aromatic heterocycles. The quantitative estimate of drug-likeness (QED) is 0.346. The first-order valence-electron chi connectivity index (χ1n) is 11.5. The lowest BCUT2D eigenvalue weighted by molar-refractivity contribution is 0.0306. The maximum atomic E-state index is 10.3. The van der Waals surface area contributed by atoms with Crippen molar-refractivity contribution in [3.63, 3.8) is 0 Å². The molecule has 1 heterocycles. The summed E-state index contributed by atoms with van der Waals surface area (Å²) in [5, 5.41) is 34.0. The monoisotopic (exact) mass is 462 g/mol. The summed E-state index contributed by atoms with van der Waals surface area (Å²) in [5.74, 6) is 0.428. The standard InChI is InChI=1S/C29H26N4O2/c1-21(34)27(35)22-12-11-13-23(20-22)28-30-32-33(31-28)29(24-14-5-2-6-15-24,25-16-7-3-8-17-25)26-18-9-4-10-19-26/h2-21,27,34-35H,1H3/t21-,27+/m0/s1. The van der Waals surface area contributed by atoms with Crippen molar-refractivity contribution in [1.82, 2.24) is 20.2 Å². The summed E-state index contributed by atoms with van der Waals surface area (Å²) in [6, 6.07) is 37.7. The minimum absolute atomic E-state index is 0.428. The van der Waals surface area contributed by atoms with Crippen LogP contribution in [0.2, 0.25) is 0 Å². The number of hydrogen-bond donors (Lipinski definition) is 2. The molecule has 0 amide bonds. The fourth-order valence-electron chi connectivity index (χ4n) is 4.50. The van der Waals surface area contributed by atoms with Gasteiger partial charge in [0.15, 0.2) is 5.54 Å². The van der Waals surface area contributed by atoms with E-state index in [9.17, 15) is 10.2 Å². The summed E-state index contributed by atoms with van der Waals surface area (Å²) in [7, 11) is 0. The van der Waals surface area contributed by atoms with Gasteiger partial charge in [-0.2, -0.15) is 0 Å². The molecule has 0 saturated heterocycles. The summed E-state index contributed by atoms with van der Waals surface area (Å²) < 4.78 is 0. The number of aliphatic hydroxyl groups is 2. The van der Waals surface area contributed by atoms with Crippen molar-refractivity contribution in [2.75, 3.05) is 0 Å². The van der Waals surface area contributed by atoms with Crippen LogP contribution in [0, 0.1) is 0 Å². The molecule has 0 aliphatic carbocycles. The minimum Gasteiger partial charge on any atom is -0.390 e. The SMILES string of the molecule is C[C@H](O)[C@@H](O)c1cccc(-c2nnn(C(c3ccccc3)(c3ccccc3)c3ccccc3)n2)c1. The summed E-state index contributed by atoms with van der Waals surface area (Å²) >= 11 is 0. The predicted molar refractivity (Wildman–Crippen MR) is 134 cm³/mol. The van der Waals surface area contributed by atoms with Gasteiger partial charge in [-0.1, -0.05) is 109 Å². The van der Waals surface area contributed by atoms with Gasteiger partial charge in [-0.25, -0.2) is 0 Å². The van der Waals surface area contributed by atoms with Crippen molar-refractivity contribution in [3.05, 3.63) is 138 Å². The Kier molecular flexibility index (Phi) is 6.23. The third kappa shape index (κ3) is 4.14. The summed E-state index contributed by atoms with van der Waals surface area (Å²) in [4.78, 5) is 1.67. The van der Waals surface area contributed by atoms with Crippen molar-refractivity contribution in [1.29, 1.82) is 0 Å². The highest BCUT2D eigenvalue weighted by Gasteiger charge is 2.41. The molecular weight excluding hydrogens is 436 g/mol. The molecule has 0 bridgehead atoms. The van der Waals surface area contributed by atoms with Gasteiger partial charge in [0.05, 0.1) is 6.10 Å². The normalized spacial score (nSPS) is 13.3. The Balaban J connectivity index is 1.73. The first-order valence-corrected chi connectivity index (χ1v) is 11.5. The lowest BCUT2D eigenvalue weighted by Crippen LogP contribution is -2.39. The number of aliphatic hydroxyl groups excluding tert-OH is 2. The van der Waals surface area contributed by atoms with Crippen molar-refractivity contribution in [2.45, 2.75) is 24.7 Å². The molecule has 0 radical (unpaired) electrons. The van der Waals surface area contributed by atoms with Crippen molar-refractivity contribution in [3.8, 4) is 11.4 Å². The van der Waals surface area contributed by atoms with E-state index in [0.29, 0.717) is 17.0 Å². The first kappa shape index (κ1) is 22.7. The fraction of sp³-hybridized carbons (Fsp3) is 0.138. The molecule has 4 aromatic carbocycles. The number of hydrogen-bond acceptors (Lipinski definition) is 5. The first-order chi connectivity index (χ1) is 17.1. The molecule has 6 nitrogen and oxygen atoms in total. The van der Waals surface area contributed by atoms with Gasteiger partial charge < -0.3 is 10.2 Å². The molecular formula is C29H26N4O2. The highest BCUT2D eigenvalue weighted by molar-refractivity contribution is 5.56. The van der Waals surface area contributed by atoms with Gasteiger partial charge >= 0.3 is 0 Å². The maximum Gasteiger partial charge on any atom is 0.204 e. The number of aromatic nitrogens is 4. The average Bonchev–Trinajstić information content (AvgIpc) is 3.41. The van der Waals surface area contributed by atoms with Crippen LogP contribution in [0.25, 0.3) is 11.4 Å². The fourth-order valence-corrected chi connectivity index (χ4v) is 4.50. The van der Waals surface area contributed by atoms with Gasteiger partial charge in [0.25, 0.3) is 0 Å². The molecule has 2 N–H and O–H groups in total. The Labute approximate surface area is 204 Å². The number of nitrogens with zero attached hydrogens (tertiary/aromatic N) is 4. The van der Waals surface area contributed by atoms with Gasteiger partial charge in [-0.05, 0) is 40.5 Å². The van der Waals surface area contributed by atoms with E-state index in [1.165, 1.54) is 0 Å². The van der Waals surface area contributed by atoms with Gasteiger partial charge in [-0.15, -0.1) is 15.0 Å². The third-order valence-electron chi connectivity index (χ3n) is 6.23. The van der Waals surface area contributed by atoms with Gasteiger partial charge in [0, 0.05) is 5.56 Å². The highest BCUT2D eigenvalue weighted by Crippen LogP contribution is 2.39. The Bertz CT molecular complexity index is 1290. The van der Waals surface area contributed by atoms with E-state index in [-0.39, 0.29) is 0 Å². The minimum atomic E-state index is -0.998. The van der Waals surface area contributed by atoms with Crippen LogP contribution >= 0.6 is 0 Å². The van der Waals surface area contributed by atoms with Crippen LogP contribution in [-0.4, -0.2) is 36.5 Å². The van der Waals surface area contributed by atoms with Gasteiger partial charge in [-0.3, -0.25) is 0 Å². The zero-order chi connectivity index (χ0) is 24.3. The number of tetrazole rings is 1. The zero-order valence-electron chi connectivity index (χ0n) is 19.3. The average molecular weight is 463 g/mol. The molecule has 174 valence electrons. The topological polar surface area (TPSA) is 84.1 Å². The molecule has 0 aliphatic rings. The van der Waals surface area contributed by atoms with E-state index in [0.717, 1.165) is 16.7 Å². The largest absolute Gasteiger partial charge is 0.390 e. The van der Waals surface area contributed by atoms with Gasteiger partial charge in [0.2, 0.25) is 5.82 Å². The van der Waals surface area contributed by atoms with Crippen molar-refractivity contribution >= 4 is 0 Å². The van der Waals surface area contributed by atoms with Gasteiger partial charge in [0.1, 0.15) is 6.10 Å². The number of benzene rings is 4. The summed E-state index contributed by atoms with van der Waals surface area (Å²) in [6.07, 6.45) is -1.89. The Hall–Kier alpha value is -4.13. The van der Waals surface area contributed by atoms with E-state index in [1.54, 1.807) is 23.9 Å². The van der Waals surface area contributed by atoms with E-state index in [2.05, 4.69) is 46.7 Å². The van der Waals surface area contributed by atoms with Crippen molar-refractivity contribution in [2.24, 2.45) is 0 Å². The van der Waals surface area contributed by atoms with Crippen LogP contribution in [-0.2, 0) is 5.54 Å².